The number of hydrogen-bond donors (Lipinski definition) is 0. The first-order valence-corrected chi connectivity index (χ1v) is 21.2. The Kier molecular flexibility index (Phi) is 35.9. The summed E-state index contributed by atoms with van der Waals surface area (Å²) in [6.45, 7) is 4.46. The van der Waals surface area contributed by atoms with Crippen LogP contribution in [0.3, 0.4) is 0 Å². The van der Waals surface area contributed by atoms with Crippen LogP contribution in [0.2, 0.25) is 0 Å². The van der Waals surface area contributed by atoms with Gasteiger partial charge in [0.15, 0.2) is 12.4 Å². The molecule has 9 heteroatoms. The second-order valence-electron chi connectivity index (χ2n) is 14.9. The first-order chi connectivity index (χ1) is 27.1. The van der Waals surface area contributed by atoms with Gasteiger partial charge in [-0.25, -0.2) is 0 Å². The summed E-state index contributed by atoms with van der Waals surface area (Å²) in [7, 11) is 5.87. The zero-order valence-electron chi connectivity index (χ0n) is 35.7. The molecule has 9 nitrogen and oxygen atoms in total. The van der Waals surface area contributed by atoms with Crippen LogP contribution in [-0.2, 0) is 33.3 Å². The Balaban J connectivity index is 4.56. The van der Waals surface area contributed by atoms with Crippen LogP contribution in [0, 0.1) is 0 Å². The first-order valence-electron chi connectivity index (χ1n) is 21.2. The van der Waals surface area contributed by atoms with E-state index in [-0.39, 0.29) is 38.6 Å². The molecule has 0 amide bonds. The van der Waals surface area contributed by atoms with E-state index in [1.807, 2.05) is 21.1 Å². The fourth-order valence-corrected chi connectivity index (χ4v) is 5.07. The summed E-state index contributed by atoms with van der Waals surface area (Å²) < 4.78 is 22.4. The fraction of sp³-hybridized carbons (Fsp3) is 0.638. The molecule has 2 unspecified atom stereocenters. The SMILES string of the molecule is CC/C=C\C/C=C\C/C=C\C/C=C\C/C=C\C/C=C\CCCCC(=O)OC(COC(=O)CCCCCCC/C=C\CCC)COC(OCC[N+](C)(C)C)C(=O)[O-]. The highest BCUT2D eigenvalue weighted by atomic mass is 16.7. The maximum absolute atomic E-state index is 12.7. The van der Waals surface area contributed by atoms with Crippen LogP contribution in [0.25, 0.3) is 0 Å². The lowest BCUT2D eigenvalue weighted by molar-refractivity contribution is -0.870. The molecule has 0 aromatic rings. The quantitative estimate of drug-likeness (QED) is 0.0202. The summed E-state index contributed by atoms with van der Waals surface area (Å²) in [5.74, 6) is -2.38. The largest absolute Gasteiger partial charge is 0.545 e. The Bertz CT molecular complexity index is 1190. The third kappa shape index (κ3) is 38.7. The van der Waals surface area contributed by atoms with Gasteiger partial charge in [0.05, 0.1) is 40.3 Å². The maximum atomic E-state index is 12.7. The van der Waals surface area contributed by atoms with Crippen LogP contribution in [0.4, 0.5) is 0 Å². The van der Waals surface area contributed by atoms with Gasteiger partial charge < -0.3 is 33.3 Å². The molecule has 0 aliphatic rings. The Labute approximate surface area is 340 Å². The normalized spacial score (nSPS) is 13.8. The zero-order chi connectivity index (χ0) is 41.4. The van der Waals surface area contributed by atoms with Crippen LogP contribution >= 0.6 is 0 Å². The predicted octanol–water partition coefficient (Wildman–Crippen LogP) is 9.60. The van der Waals surface area contributed by atoms with Gasteiger partial charge in [0, 0.05) is 12.8 Å². The number of likely N-dealkylation sites (N-methyl/N-ethyl adjacent to an activating group) is 1. The third-order valence-electron chi connectivity index (χ3n) is 8.36. The number of carbonyl (C=O) groups excluding carboxylic acids is 3. The zero-order valence-corrected chi connectivity index (χ0v) is 35.7. The fourth-order valence-electron chi connectivity index (χ4n) is 5.07. The van der Waals surface area contributed by atoms with Crippen molar-refractivity contribution in [1.82, 2.24) is 0 Å². The van der Waals surface area contributed by atoms with Crippen LogP contribution in [0.15, 0.2) is 85.1 Å². The van der Waals surface area contributed by atoms with E-state index < -0.39 is 24.3 Å². The average Bonchev–Trinajstić information content (AvgIpc) is 3.15. The van der Waals surface area contributed by atoms with Crippen molar-refractivity contribution >= 4 is 17.9 Å². The van der Waals surface area contributed by atoms with Crippen molar-refractivity contribution in [2.24, 2.45) is 0 Å². The lowest BCUT2D eigenvalue weighted by Gasteiger charge is -2.26. The molecule has 2 atom stereocenters. The molecule has 0 bridgehead atoms. The number of nitrogens with zero attached hydrogens (tertiary/aromatic N) is 1. The molecule has 0 fully saturated rings. The summed E-state index contributed by atoms with van der Waals surface area (Å²) in [5.41, 5.74) is 0. The highest BCUT2D eigenvalue weighted by molar-refractivity contribution is 5.70. The lowest BCUT2D eigenvalue weighted by atomic mass is 10.1. The van der Waals surface area contributed by atoms with Crippen molar-refractivity contribution in [3.63, 3.8) is 0 Å². The van der Waals surface area contributed by atoms with Crippen LogP contribution in [-0.4, -0.2) is 82.3 Å². The number of aliphatic carboxylic acids is 1. The summed E-state index contributed by atoms with van der Waals surface area (Å²) in [6.07, 6.45) is 44.8. The highest BCUT2D eigenvalue weighted by Gasteiger charge is 2.21. The molecular formula is C47H77NO8. The molecule has 318 valence electrons. The summed E-state index contributed by atoms with van der Waals surface area (Å²) >= 11 is 0. The lowest BCUT2D eigenvalue weighted by Crippen LogP contribution is -2.44. The molecule has 0 N–H and O–H groups in total. The maximum Gasteiger partial charge on any atom is 0.306 e. The number of allylic oxidation sites excluding steroid dienone is 14. The molecule has 0 heterocycles. The van der Waals surface area contributed by atoms with E-state index in [0.717, 1.165) is 96.3 Å². The molecule has 0 aromatic heterocycles. The molecule has 56 heavy (non-hydrogen) atoms. The van der Waals surface area contributed by atoms with Gasteiger partial charge in [-0.15, -0.1) is 0 Å². The van der Waals surface area contributed by atoms with Gasteiger partial charge in [-0.2, -0.15) is 0 Å². The number of esters is 2. The molecule has 0 saturated heterocycles. The molecule has 0 radical (unpaired) electrons. The third-order valence-corrected chi connectivity index (χ3v) is 8.36. The smallest absolute Gasteiger partial charge is 0.306 e. The van der Waals surface area contributed by atoms with Crippen LogP contribution in [0.5, 0.6) is 0 Å². The van der Waals surface area contributed by atoms with E-state index in [2.05, 4.69) is 98.9 Å². The van der Waals surface area contributed by atoms with Gasteiger partial charge in [0.25, 0.3) is 0 Å². The van der Waals surface area contributed by atoms with Gasteiger partial charge in [-0.1, -0.05) is 125 Å². The summed E-state index contributed by atoms with van der Waals surface area (Å²) in [5, 5.41) is 11.7. The molecule has 0 aliphatic heterocycles. The van der Waals surface area contributed by atoms with Crippen molar-refractivity contribution in [2.75, 3.05) is 47.5 Å². The number of carbonyl (C=O) groups is 3. The van der Waals surface area contributed by atoms with Gasteiger partial charge >= 0.3 is 11.9 Å². The minimum absolute atomic E-state index is 0.133. The van der Waals surface area contributed by atoms with Crippen LogP contribution in [0.1, 0.15) is 136 Å². The topological polar surface area (TPSA) is 111 Å². The van der Waals surface area contributed by atoms with E-state index in [1.54, 1.807) is 0 Å². The predicted molar refractivity (Wildman–Crippen MR) is 227 cm³/mol. The van der Waals surface area contributed by atoms with E-state index in [4.69, 9.17) is 18.9 Å². The minimum Gasteiger partial charge on any atom is -0.545 e. The van der Waals surface area contributed by atoms with E-state index in [1.165, 1.54) is 6.42 Å². The molecule has 0 aliphatic carbocycles. The van der Waals surface area contributed by atoms with E-state index in [0.29, 0.717) is 17.4 Å². The highest BCUT2D eigenvalue weighted by Crippen LogP contribution is 2.11. The number of hydrogen-bond acceptors (Lipinski definition) is 8. The van der Waals surface area contributed by atoms with Crippen molar-refractivity contribution in [3.8, 4) is 0 Å². The van der Waals surface area contributed by atoms with Crippen LogP contribution < -0.4 is 5.11 Å². The van der Waals surface area contributed by atoms with Crippen molar-refractivity contribution in [1.29, 1.82) is 0 Å². The molecule has 0 saturated carbocycles. The molecule has 0 rings (SSSR count). The number of carboxylic acids is 1. The molecular weight excluding hydrogens is 707 g/mol. The van der Waals surface area contributed by atoms with Gasteiger partial charge in [0.1, 0.15) is 13.2 Å². The minimum atomic E-state index is -1.64. The standard InChI is InChI=1S/C47H77NO8/c1-6-8-10-12-14-16-18-19-20-21-22-23-24-25-26-27-28-30-32-34-36-38-45(50)56-43(42-55-47(46(51)52)53-40-39-48(3,4)5)41-54-44(49)37-35-33-31-29-17-15-13-11-9-7-2/h8,10-11,13-14,16,19-20,22-23,25-26,28,30,43,47H,6-7,9,12,15,17-18,21,24,27,29,31-42H2,1-5H3/b10-8-,13-11-,16-14-,20-19-,23-22-,26-25-,30-28-. The number of carboxylic acid groups (broad SMARTS) is 1. The Morgan fingerprint density at radius 3 is 1.57 bits per heavy atom. The number of ether oxygens (including phenoxy) is 4. The molecule has 0 spiro atoms. The Hall–Kier alpha value is -3.53. The number of unbranched alkanes of at least 4 members (excludes halogenated alkanes) is 8. The second kappa shape index (κ2) is 38.3. The Morgan fingerprint density at radius 1 is 0.554 bits per heavy atom. The second-order valence-corrected chi connectivity index (χ2v) is 14.9. The van der Waals surface area contributed by atoms with Gasteiger partial charge in [-0.05, 0) is 83.5 Å². The Morgan fingerprint density at radius 2 is 1.02 bits per heavy atom. The van der Waals surface area contributed by atoms with Crippen molar-refractivity contribution in [3.05, 3.63) is 85.1 Å². The van der Waals surface area contributed by atoms with Crippen molar-refractivity contribution in [2.45, 2.75) is 148 Å². The first kappa shape index (κ1) is 52.5. The van der Waals surface area contributed by atoms with Crippen molar-refractivity contribution < 1.29 is 42.9 Å². The summed E-state index contributed by atoms with van der Waals surface area (Å²) in [4.78, 5) is 36.8. The number of quaternary nitrogens is 1. The molecule has 0 aromatic carbocycles. The monoisotopic (exact) mass is 784 g/mol. The summed E-state index contributed by atoms with van der Waals surface area (Å²) in [6, 6.07) is 0. The average molecular weight is 784 g/mol. The number of rotatable bonds is 37. The van der Waals surface area contributed by atoms with Gasteiger partial charge in [-0.3, -0.25) is 9.59 Å². The van der Waals surface area contributed by atoms with E-state index >= 15 is 0 Å². The van der Waals surface area contributed by atoms with Gasteiger partial charge in [0.2, 0.25) is 0 Å². The van der Waals surface area contributed by atoms with E-state index in [9.17, 15) is 19.5 Å².